The number of benzene rings is 1. The molecule has 1 aliphatic heterocycles. The van der Waals surface area contributed by atoms with Crippen LogP contribution in [0.15, 0.2) is 30.5 Å². The molecule has 1 N–H and O–H groups in total. The summed E-state index contributed by atoms with van der Waals surface area (Å²) in [4.78, 5) is 18.8. The van der Waals surface area contributed by atoms with Gasteiger partial charge in [0.25, 0.3) is 0 Å². The van der Waals surface area contributed by atoms with Gasteiger partial charge in [-0.05, 0) is 48.6 Å². The lowest BCUT2D eigenvalue weighted by molar-refractivity contribution is 0.187. The molecule has 130 valence electrons. The molecular weight excluding hydrogens is 338 g/mol. The Morgan fingerprint density at radius 3 is 3.12 bits per heavy atom. The highest BCUT2D eigenvalue weighted by molar-refractivity contribution is 6.30. The predicted octanol–water partition coefficient (Wildman–Crippen LogP) is 3.33. The van der Waals surface area contributed by atoms with Gasteiger partial charge < -0.3 is 15.0 Å². The van der Waals surface area contributed by atoms with Crippen molar-refractivity contribution < 1.29 is 9.53 Å². The van der Waals surface area contributed by atoms with E-state index < -0.39 is 0 Å². The van der Waals surface area contributed by atoms with Gasteiger partial charge in [0.15, 0.2) is 0 Å². The van der Waals surface area contributed by atoms with Crippen molar-refractivity contribution in [2.75, 3.05) is 13.2 Å². The zero-order valence-electron chi connectivity index (χ0n) is 13.9. The zero-order valence-corrected chi connectivity index (χ0v) is 14.7. The highest BCUT2D eigenvalue weighted by Crippen LogP contribution is 2.26. The van der Waals surface area contributed by atoms with Crippen LogP contribution in [0, 0.1) is 0 Å². The summed E-state index contributed by atoms with van der Waals surface area (Å²) >= 11 is 6.06. The second-order valence-electron chi connectivity index (χ2n) is 6.48. The molecule has 25 heavy (non-hydrogen) atoms. The van der Waals surface area contributed by atoms with Crippen LogP contribution in [-0.2, 0) is 25.9 Å². The molecule has 0 saturated heterocycles. The lowest BCUT2D eigenvalue weighted by Crippen LogP contribution is -2.40. The van der Waals surface area contributed by atoms with E-state index in [1.54, 1.807) is 11.0 Å². The van der Waals surface area contributed by atoms with E-state index >= 15 is 0 Å². The number of pyridine rings is 1. The summed E-state index contributed by atoms with van der Waals surface area (Å²) in [6.07, 6.45) is 5.20. The summed E-state index contributed by atoms with van der Waals surface area (Å²) in [5, 5.41) is 3.64. The number of halogens is 1. The van der Waals surface area contributed by atoms with Gasteiger partial charge in [-0.2, -0.15) is 0 Å². The maximum absolute atomic E-state index is 12.6. The molecule has 0 bridgehead atoms. The lowest BCUT2D eigenvalue weighted by Gasteiger charge is -2.20. The number of nitrogens with one attached hydrogen (secondary N) is 1. The van der Waals surface area contributed by atoms with Crippen LogP contribution in [0.1, 0.15) is 28.8 Å². The van der Waals surface area contributed by atoms with Crippen molar-refractivity contribution in [1.29, 1.82) is 0 Å². The van der Waals surface area contributed by atoms with E-state index in [4.69, 9.17) is 16.3 Å². The first kappa shape index (κ1) is 16.2. The number of nitrogens with zero attached hydrogens (tertiary/aromatic N) is 2. The molecule has 2 amide bonds. The van der Waals surface area contributed by atoms with E-state index in [1.807, 2.05) is 18.3 Å². The molecule has 1 aliphatic carbocycles. The van der Waals surface area contributed by atoms with E-state index in [2.05, 4.69) is 16.4 Å². The van der Waals surface area contributed by atoms with Crippen LogP contribution in [0.2, 0.25) is 5.02 Å². The zero-order chi connectivity index (χ0) is 17.2. The topological polar surface area (TPSA) is 54.5 Å². The number of amides is 2. The number of carbonyl (C=O) groups is 1. The van der Waals surface area contributed by atoms with Gasteiger partial charge in [-0.25, -0.2) is 4.79 Å². The maximum Gasteiger partial charge on any atom is 0.318 e. The van der Waals surface area contributed by atoms with Gasteiger partial charge in [-0.1, -0.05) is 17.7 Å². The molecule has 0 unspecified atom stereocenters. The van der Waals surface area contributed by atoms with Gasteiger partial charge >= 0.3 is 6.03 Å². The number of aromatic nitrogens is 1. The minimum Gasteiger partial charge on any atom is -0.491 e. The summed E-state index contributed by atoms with van der Waals surface area (Å²) in [6.45, 7) is 1.99. The minimum absolute atomic E-state index is 0.100. The fraction of sp³-hybridized carbons (Fsp3) is 0.368. The summed E-state index contributed by atoms with van der Waals surface area (Å²) in [5.74, 6) is 0.794. The second kappa shape index (κ2) is 6.92. The maximum atomic E-state index is 12.6. The summed E-state index contributed by atoms with van der Waals surface area (Å²) in [6, 6.07) is 7.58. The Labute approximate surface area is 152 Å². The number of hydrogen-bond donors (Lipinski definition) is 1. The molecule has 4 rings (SSSR count). The average molecular weight is 358 g/mol. The van der Waals surface area contributed by atoms with Crippen molar-refractivity contribution in [1.82, 2.24) is 15.2 Å². The smallest absolute Gasteiger partial charge is 0.318 e. The van der Waals surface area contributed by atoms with Crippen molar-refractivity contribution in [2.24, 2.45) is 0 Å². The molecule has 0 fully saturated rings. The van der Waals surface area contributed by atoms with Crippen molar-refractivity contribution in [3.8, 4) is 5.75 Å². The number of hydrogen-bond acceptors (Lipinski definition) is 3. The molecule has 2 aliphatic rings. The van der Waals surface area contributed by atoms with Crippen LogP contribution in [0.5, 0.6) is 5.75 Å². The van der Waals surface area contributed by atoms with E-state index in [9.17, 15) is 4.79 Å². The molecule has 2 aromatic rings. The SMILES string of the molecule is O=C(NCc1cnc2c(c1)CCC2)N1CCOc2ccc(Cl)cc2C1. The molecule has 2 heterocycles. The third-order valence-corrected chi connectivity index (χ3v) is 4.94. The Morgan fingerprint density at radius 2 is 2.20 bits per heavy atom. The van der Waals surface area contributed by atoms with Gasteiger partial charge in [-0.15, -0.1) is 0 Å². The fourth-order valence-electron chi connectivity index (χ4n) is 3.40. The Bertz CT molecular complexity index is 809. The minimum atomic E-state index is -0.100. The number of rotatable bonds is 2. The normalized spacial score (nSPS) is 15.8. The quantitative estimate of drug-likeness (QED) is 0.897. The first-order valence-corrected chi connectivity index (χ1v) is 8.97. The molecule has 0 radical (unpaired) electrons. The van der Waals surface area contributed by atoms with E-state index in [1.165, 1.54) is 17.7 Å². The highest BCUT2D eigenvalue weighted by Gasteiger charge is 2.20. The monoisotopic (exact) mass is 357 g/mol. The van der Waals surface area contributed by atoms with Crippen molar-refractivity contribution in [3.05, 3.63) is 57.9 Å². The van der Waals surface area contributed by atoms with E-state index in [0.717, 1.165) is 29.7 Å². The van der Waals surface area contributed by atoms with Crippen molar-refractivity contribution >= 4 is 17.6 Å². The number of ether oxygens (including phenoxy) is 1. The fourth-order valence-corrected chi connectivity index (χ4v) is 3.59. The first-order chi connectivity index (χ1) is 12.2. The average Bonchev–Trinajstić information content (AvgIpc) is 2.98. The predicted molar refractivity (Wildman–Crippen MR) is 95.9 cm³/mol. The van der Waals surface area contributed by atoms with Crippen LogP contribution in [0.3, 0.4) is 0 Å². The summed E-state index contributed by atoms with van der Waals surface area (Å²) in [5.41, 5.74) is 4.49. The van der Waals surface area contributed by atoms with Gasteiger partial charge in [0.1, 0.15) is 12.4 Å². The van der Waals surface area contributed by atoms with Crippen LogP contribution >= 0.6 is 11.6 Å². The molecular formula is C19H20ClN3O2. The van der Waals surface area contributed by atoms with E-state index in [0.29, 0.717) is 31.3 Å². The van der Waals surface area contributed by atoms with E-state index in [-0.39, 0.29) is 6.03 Å². The third kappa shape index (κ3) is 3.56. The second-order valence-corrected chi connectivity index (χ2v) is 6.92. The van der Waals surface area contributed by atoms with Gasteiger partial charge in [0, 0.05) is 29.0 Å². The lowest BCUT2D eigenvalue weighted by atomic mass is 10.1. The Morgan fingerprint density at radius 1 is 1.28 bits per heavy atom. The van der Waals surface area contributed by atoms with Gasteiger partial charge in [0.05, 0.1) is 13.1 Å². The van der Waals surface area contributed by atoms with Crippen LogP contribution < -0.4 is 10.1 Å². The number of urea groups is 1. The Balaban J connectivity index is 1.41. The molecule has 6 heteroatoms. The molecule has 1 aromatic carbocycles. The number of fused-ring (bicyclic) bond motifs is 2. The van der Waals surface area contributed by atoms with Crippen LogP contribution in [0.4, 0.5) is 4.79 Å². The van der Waals surface area contributed by atoms with Crippen molar-refractivity contribution in [2.45, 2.75) is 32.4 Å². The summed E-state index contributed by atoms with van der Waals surface area (Å²) in [7, 11) is 0. The van der Waals surface area contributed by atoms with Crippen LogP contribution in [0.25, 0.3) is 0 Å². The van der Waals surface area contributed by atoms with Crippen LogP contribution in [-0.4, -0.2) is 29.1 Å². The standard InChI is InChI=1S/C19H20ClN3O2/c20-16-4-5-18-15(9-16)12-23(6-7-25-18)19(24)22-11-13-8-14-2-1-3-17(14)21-10-13/h4-5,8-10H,1-3,6-7,11-12H2,(H,22,24). The van der Waals surface area contributed by atoms with Crippen molar-refractivity contribution in [3.63, 3.8) is 0 Å². The van der Waals surface area contributed by atoms with Gasteiger partial charge in [0.2, 0.25) is 0 Å². The van der Waals surface area contributed by atoms with Gasteiger partial charge in [-0.3, -0.25) is 4.98 Å². The third-order valence-electron chi connectivity index (χ3n) is 4.71. The highest BCUT2D eigenvalue weighted by atomic mass is 35.5. The molecule has 5 nitrogen and oxygen atoms in total. The molecule has 0 atom stereocenters. The molecule has 0 saturated carbocycles. The number of carbonyl (C=O) groups excluding carboxylic acids is 1. The Kier molecular flexibility index (Phi) is 4.49. The summed E-state index contributed by atoms with van der Waals surface area (Å²) < 4.78 is 5.71. The molecule has 0 spiro atoms. The number of aryl methyl sites for hydroxylation is 2. The first-order valence-electron chi connectivity index (χ1n) is 8.60. The Hall–Kier alpha value is -2.27. The largest absolute Gasteiger partial charge is 0.491 e. The molecule has 1 aromatic heterocycles.